The van der Waals surface area contributed by atoms with E-state index in [0.717, 1.165) is 12.8 Å². The molecule has 168 valence electrons. The Balaban J connectivity index is 1.69. The quantitative estimate of drug-likeness (QED) is 0.724. The number of nitrogens with zero attached hydrogens (tertiary/aromatic N) is 2. The molecule has 0 bridgehead atoms. The number of hydrogen-bond donors (Lipinski definition) is 1. The van der Waals surface area contributed by atoms with Gasteiger partial charge in [0.1, 0.15) is 0 Å². The number of fused-ring (bicyclic) bond motifs is 1. The fraction of sp³-hybridized carbons (Fsp3) is 0.524. The van der Waals surface area contributed by atoms with E-state index >= 15 is 4.39 Å². The number of hydrogen-bond acceptors (Lipinski definition) is 4. The highest BCUT2D eigenvalue weighted by molar-refractivity contribution is 5.93. The average Bonchev–Trinajstić information content (AvgIpc) is 3.44. The third-order valence-corrected chi connectivity index (χ3v) is 6.02. The van der Waals surface area contributed by atoms with Gasteiger partial charge in [0.15, 0.2) is 11.6 Å². The summed E-state index contributed by atoms with van der Waals surface area (Å²) in [6.07, 6.45) is -2.68. The molecule has 2 fully saturated rings. The second-order valence-electron chi connectivity index (χ2n) is 8.16. The van der Waals surface area contributed by atoms with Crippen molar-refractivity contribution in [3.05, 3.63) is 33.9 Å². The number of aromatic nitrogens is 1. The van der Waals surface area contributed by atoms with Crippen molar-refractivity contribution in [2.45, 2.75) is 38.4 Å². The first-order chi connectivity index (χ1) is 14.6. The van der Waals surface area contributed by atoms with Gasteiger partial charge in [0.25, 0.3) is 5.56 Å². The van der Waals surface area contributed by atoms with Gasteiger partial charge in [0.2, 0.25) is 0 Å². The summed E-state index contributed by atoms with van der Waals surface area (Å²) in [7, 11) is 1.36. The Hall–Kier alpha value is -2.78. The highest BCUT2D eigenvalue weighted by Gasteiger charge is 2.39. The number of alkyl halides is 3. The van der Waals surface area contributed by atoms with Gasteiger partial charge in [-0.15, -0.1) is 0 Å². The molecule has 1 saturated carbocycles. The van der Waals surface area contributed by atoms with Gasteiger partial charge < -0.3 is 19.5 Å². The van der Waals surface area contributed by atoms with Crippen LogP contribution in [0.4, 0.5) is 23.2 Å². The zero-order valence-electron chi connectivity index (χ0n) is 17.2. The smallest absolute Gasteiger partial charge is 0.471 e. The number of methoxy groups -OCH3 is 1. The van der Waals surface area contributed by atoms with Crippen LogP contribution in [0.2, 0.25) is 0 Å². The summed E-state index contributed by atoms with van der Waals surface area (Å²) in [6, 6.07) is 3.05. The zero-order chi connectivity index (χ0) is 22.5. The van der Waals surface area contributed by atoms with Crippen LogP contribution in [0.5, 0.6) is 5.75 Å². The number of halogens is 4. The monoisotopic (exact) mass is 441 g/mol. The molecule has 1 aliphatic carbocycles. The first kappa shape index (κ1) is 21.5. The van der Waals surface area contributed by atoms with Gasteiger partial charge in [0, 0.05) is 42.7 Å². The van der Waals surface area contributed by atoms with Crippen molar-refractivity contribution in [3.8, 4) is 5.75 Å². The van der Waals surface area contributed by atoms with Gasteiger partial charge in [-0.25, -0.2) is 4.39 Å². The molecule has 1 N–H and O–H groups in total. The number of anilines is 1. The maximum atomic E-state index is 15.5. The van der Waals surface area contributed by atoms with E-state index in [0.29, 0.717) is 29.4 Å². The van der Waals surface area contributed by atoms with E-state index in [1.54, 1.807) is 22.5 Å². The number of ether oxygens (including phenoxy) is 1. The molecule has 0 radical (unpaired) electrons. The molecule has 2 aliphatic rings. The van der Waals surface area contributed by atoms with Crippen molar-refractivity contribution < 1.29 is 27.1 Å². The molecule has 2 aromatic rings. The summed E-state index contributed by atoms with van der Waals surface area (Å²) in [5, 5.41) is 2.42. The number of pyridine rings is 1. The molecule has 1 atom stereocenters. The molecule has 1 saturated heterocycles. The predicted octanol–water partition coefficient (Wildman–Crippen LogP) is 3.30. The molecule has 2 heterocycles. The summed E-state index contributed by atoms with van der Waals surface area (Å²) >= 11 is 0. The fourth-order valence-corrected chi connectivity index (χ4v) is 4.43. The number of carbonyl (C=O) groups excluding carboxylic acids is 1. The van der Waals surface area contributed by atoms with Crippen molar-refractivity contribution in [1.82, 2.24) is 9.88 Å². The van der Waals surface area contributed by atoms with Gasteiger partial charge in [-0.3, -0.25) is 9.59 Å². The standard InChI is InChI=1S/C21H23F4N3O3/c1-11-17-14(5-6-15(29)28(17)13-3-4-13)19(31-2)16(22)18(11)27-8-7-12(10-27)9-26-20(30)21(23,24)25/h5-6,12-13H,3-4,7-10H2,1-2H3,(H,26,30). The average molecular weight is 441 g/mol. The highest BCUT2D eigenvalue weighted by Crippen LogP contribution is 2.44. The minimum atomic E-state index is -4.93. The van der Waals surface area contributed by atoms with E-state index in [1.807, 2.05) is 5.32 Å². The van der Waals surface area contributed by atoms with Crippen molar-refractivity contribution in [2.75, 3.05) is 31.6 Å². The maximum absolute atomic E-state index is 15.5. The van der Waals surface area contributed by atoms with E-state index < -0.39 is 17.9 Å². The van der Waals surface area contributed by atoms with E-state index in [2.05, 4.69) is 0 Å². The fourth-order valence-electron chi connectivity index (χ4n) is 4.43. The van der Waals surface area contributed by atoms with Crippen LogP contribution in [-0.2, 0) is 4.79 Å². The number of amides is 1. The third-order valence-electron chi connectivity index (χ3n) is 6.02. The Morgan fingerprint density at radius 2 is 1.97 bits per heavy atom. The van der Waals surface area contributed by atoms with Crippen LogP contribution in [0, 0.1) is 18.7 Å². The van der Waals surface area contributed by atoms with Crippen LogP contribution in [-0.4, -0.2) is 43.4 Å². The van der Waals surface area contributed by atoms with Gasteiger partial charge >= 0.3 is 12.1 Å². The Bertz CT molecular complexity index is 1090. The Morgan fingerprint density at radius 3 is 2.58 bits per heavy atom. The largest absolute Gasteiger partial charge is 0.493 e. The third kappa shape index (κ3) is 3.83. The summed E-state index contributed by atoms with van der Waals surface area (Å²) in [6.45, 7) is 2.30. The molecule has 31 heavy (non-hydrogen) atoms. The van der Waals surface area contributed by atoms with E-state index in [1.165, 1.54) is 13.2 Å². The Labute approximate surface area is 175 Å². The lowest BCUT2D eigenvalue weighted by Crippen LogP contribution is -2.39. The van der Waals surface area contributed by atoms with Crippen LogP contribution in [0.25, 0.3) is 10.9 Å². The molecular formula is C21H23F4N3O3. The molecule has 1 aromatic carbocycles. The molecule has 1 aliphatic heterocycles. The molecule has 1 aromatic heterocycles. The zero-order valence-corrected chi connectivity index (χ0v) is 17.2. The lowest BCUT2D eigenvalue weighted by atomic mass is 10.0. The number of benzene rings is 1. The number of carbonyl (C=O) groups is 1. The second-order valence-corrected chi connectivity index (χ2v) is 8.16. The van der Waals surface area contributed by atoms with Gasteiger partial charge in [-0.2, -0.15) is 13.2 Å². The first-order valence-electron chi connectivity index (χ1n) is 10.1. The lowest BCUT2D eigenvalue weighted by Gasteiger charge is -2.25. The number of rotatable bonds is 5. The Morgan fingerprint density at radius 1 is 1.26 bits per heavy atom. The van der Waals surface area contributed by atoms with Crippen molar-refractivity contribution in [3.63, 3.8) is 0 Å². The van der Waals surface area contributed by atoms with E-state index in [-0.39, 0.29) is 42.0 Å². The molecule has 1 unspecified atom stereocenters. The maximum Gasteiger partial charge on any atom is 0.471 e. The van der Waals surface area contributed by atoms with Gasteiger partial charge in [-0.05, 0) is 38.2 Å². The normalized spacial score (nSPS) is 19.2. The number of nitrogens with one attached hydrogen (secondary N) is 1. The van der Waals surface area contributed by atoms with Crippen LogP contribution in [0.15, 0.2) is 16.9 Å². The molecule has 6 nitrogen and oxygen atoms in total. The van der Waals surface area contributed by atoms with E-state index in [9.17, 15) is 22.8 Å². The minimum Gasteiger partial charge on any atom is -0.493 e. The van der Waals surface area contributed by atoms with Crippen LogP contribution in [0.3, 0.4) is 0 Å². The predicted molar refractivity (Wildman–Crippen MR) is 107 cm³/mol. The molecular weight excluding hydrogens is 418 g/mol. The van der Waals surface area contributed by atoms with Gasteiger partial charge in [0.05, 0.1) is 18.3 Å². The SMILES string of the molecule is COc1c(F)c(N2CCC(CNC(=O)C(F)(F)F)C2)c(C)c2c1ccc(=O)n2C1CC1. The van der Waals surface area contributed by atoms with Crippen molar-refractivity contribution in [1.29, 1.82) is 0 Å². The van der Waals surface area contributed by atoms with Crippen molar-refractivity contribution in [2.24, 2.45) is 5.92 Å². The van der Waals surface area contributed by atoms with Crippen LogP contribution in [0.1, 0.15) is 30.9 Å². The molecule has 1 amide bonds. The number of aryl methyl sites for hydroxylation is 1. The van der Waals surface area contributed by atoms with Gasteiger partial charge in [-0.1, -0.05) is 0 Å². The molecule has 0 spiro atoms. The summed E-state index contributed by atoms with van der Waals surface area (Å²) in [5.74, 6) is -2.75. The highest BCUT2D eigenvalue weighted by atomic mass is 19.4. The minimum absolute atomic E-state index is 0.0406. The Kier molecular flexibility index (Phi) is 5.35. The summed E-state index contributed by atoms with van der Waals surface area (Å²) in [4.78, 5) is 25.4. The topological polar surface area (TPSA) is 63.6 Å². The molecule has 4 rings (SSSR count). The van der Waals surface area contributed by atoms with E-state index in [4.69, 9.17) is 4.74 Å². The second kappa shape index (κ2) is 7.72. The summed E-state index contributed by atoms with van der Waals surface area (Å²) < 4.78 is 59.8. The summed E-state index contributed by atoms with van der Waals surface area (Å²) in [5.41, 5.74) is 1.34. The molecule has 10 heteroatoms. The van der Waals surface area contributed by atoms with Crippen LogP contribution < -0.4 is 20.5 Å². The van der Waals surface area contributed by atoms with Crippen LogP contribution >= 0.6 is 0 Å². The van der Waals surface area contributed by atoms with Crippen molar-refractivity contribution >= 4 is 22.5 Å². The first-order valence-corrected chi connectivity index (χ1v) is 10.1. The lowest BCUT2D eigenvalue weighted by molar-refractivity contribution is -0.173.